The molecule has 0 aliphatic rings. The van der Waals surface area contributed by atoms with Crippen molar-refractivity contribution in [2.75, 3.05) is 19.9 Å². The predicted octanol–water partition coefficient (Wildman–Crippen LogP) is 3.35. The van der Waals surface area contributed by atoms with Crippen LogP contribution in [0.15, 0.2) is 0 Å². The Kier molecular flexibility index (Phi) is 9.09. The summed E-state index contributed by atoms with van der Waals surface area (Å²) in [7, 11) is 0. The molecule has 0 aromatic carbocycles. The van der Waals surface area contributed by atoms with E-state index >= 15 is 0 Å². The van der Waals surface area contributed by atoms with Crippen molar-refractivity contribution in [3.8, 4) is 0 Å². The maximum Gasteiger partial charge on any atom is 0.166 e. The number of hydrogen-bond acceptors (Lipinski definition) is 5. The Morgan fingerprint density at radius 2 is 1.58 bits per heavy atom. The summed E-state index contributed by atoms with van der Waals surface area (Å²) in [4.78, 5) is 14.2. The quantitative estimate of drug-likeness (QED) is 0.550. The van der Waals surface area contributed by atoms with Crippen molar-refractivity contribution in [1.82, 2.24) is 4.90 Å². The highest BCUT2D eigenvalue weighted by molar-refractivity contribution is 5.89. The molecule has 144 valence electrons. The fourth-order valence-corrected chi connectivity index (χ4v) is 1.77. The summed E-state index contributed by atoms with van der Waals surface area (Å²) in [5.74, 6) is 0.0191. The van der Waals surface area contributed by atoms with E-state index in [9.17, 15) is 4.79 Å². The van der Waals surface area contributed by atoms with Gasteiger partial charge < -0.3 is 15.2 Å². The maximum absolute atomic E-state index is 12.2. The highest BCUT2D eigenvalue weighted by atomic mass is 16.5. The van der Waals surface area contributed by atoms with Gasteiger partial charge in [-0.3, -0.25) is 9.69 Å². The normalized spacial score (nSPS) is 13.8. The Balaban J connectivity index is 4.49. The molecule has 0 fully saturated rings. The summed E-state index contributed by atoms with van der Waals surface area (Å²) in [5.41, 5.74) is 4.67. The van der Waals surface area contributed by atoms with E-state index in [2.05, 4.69) is 48.5 Å². The van der Waals surface area contributed by atoms with Gasteiger partial charge in [0.2, 0.25) is 0 Å². The van der Waals surface area contributed by atoms with Crippen LogP contribution < -0.4 is 5.73 Å². The lowest BCUT2D eigenvalue weighted by Gasteiger charge is -2.34. The number of hydrogen-bond donors (Lipinski definition) is 1. The molecule has 5 nitrogen and oxygen atoms in total. The Morgan fingerprint density at radius 1 is 1.04 bits per heavy atom. The van der Waals surface area contributed by atoms with E-state index in [0.717, 1.165) is 12.8 Å². The summed E-state index contributed by atoms with van der Waals surface area (Å²) in [6.07, 6.45) is 1.78. The van der Waals surface area contributed by atoms with Crippen molar-refractivity contribution in [3.63, 3.8) is 0 Å². The lowest BCUT2D eigenvalue weighted by molar-refractivity contribution is -0.132. The summed E-state index contributed by atoms with van der Waals surface area (Å²) in [6, 6.07) is 0.211. The molecule has 0 amide bonds. The van der Waals surface area contributed by atoms with E-state index in [4.69, 9.17) is 15.2 Å². The first-order valence-corrected chi connectivity index (χ1v) is 9.04. The lowest BCUT2D eigenvalue weighted by atomic mass is 10.0. The minimum absolute atomic E-state index is 0.0191. The minimum atomic E-state index is -0.817. The number of ketones is 1. The Morgan fingerprint density at radius 3 is 2.00 bits per heavy atom. The Bertz CT molecular complexity index is 385. The van der Waals surface area contributed by atoms with Crippen LogP contribution >= 0.6 is 0 Å². The number of nitrogens with zero attached hydrogens (tertiary/aromatic N) is 1. The fraction of sp³-hybridized carbons (Fsp3) is 0.947. The maximum atomic E-state index is 12.2. The largest absolute Gasteiger partial charge is 0.375 e. The minimum Gasteiger partial charge on any atom is -0.375 e. The first-order chi connectivity index (χ1) is 10.7. The van der Waals surface area contributed by atoms with Crippen LogP contribution in [0, 0.1) is 0 Å². The molecular weight excluding hydrogens is 304 g/mol. The Labute approximate surface area is 149 Å². The zero-order valence-corrected chi connectivity index (χ0v) is 17.4. The van der Waals surface area contributed by atoms with Crippen LogP contribution in [0.2, 0.25) is 0 Å². The zero-order valence-electron chi connectivity index (χ0n) is 17.4. The third-order valence-corrected chi connectivity index (χ3v) is 4.47. The van der Waals surface area contributed by atoms with Gasteiger partial charge in [0.15, 0.2) is 5.78 Å². The SMILES string of the molecule is CCC(C)(C)OCCC(C)(C)OCN(CC(=O)C(C)(C)N)C(C)C. The van der Waals surface area contributed by atoms with Gasteiger partial charge in [-0.15, -0.1) is 0 Å². The summed E-state index contributed by atoms with van der Waals surface area (Å²) >= 11 is 0. The van der Waals surface area contributed by atoms with Crippen LogP contribution in [0.3, 0.4) is 0 Å². The molecule has 0 spiro atoms. The van der Waals surface area contributed by atoms with Crippen molar-refractivity contribution >= 4 is 5.78 Å². The number of ether oxygens (including phenoxy) is 2. The molecule has 5 heteroatoms. The molecule has 0 unspecified atom stereocenters. The summed E-state index contributed by atoms with van der Waals surface area (Å²) < 4.78 is 12.0. The van der Waals surface area contributed by atoms with Gasteiger partial charge in [-0.05, 0) is 68.2 Å². The van der Waals surface area contributed by atoms with Crippen molar-refractivity contribution < 1.29 is 14.3 Å². The van der Waals surface area contributed by atoms with E-state index in [1.165, 1.54) is 0 Å². The van der Waals surface area contributed by atoms with Crippen LogP contribution in [0.1, 0.15) is 75.2 Å². The molecular formula is C19H40N2O3. The summed E-state index contributed by atoms with van der Waals surface area (Å²) in [6.45, 7) is 19.4. The third-order valence-electron chi connectivity index (χ3n) is 4.47. The van der Waals surface area contributed by atoms with E-state index in [1.54, 1.807) is 13.8 Å². The van der Waals surface area contributed by atoms with E-state index in [-0.39, 0.29) is 23.0 Å². The van der Waals surface area contributed by atoms with Crippen molar-refractivity contribution in [2.24, 2.45) is 5.73 Å². The lowest BCUT2D eigenvalue weighted by Crippen LogP contribution is -2.50. The van der Waals surface area contributed by atoms with Crippen LogP contribution in [0.5, 0.6) is 0 Å². The van der Waals surface area contributed by atoms with E-state index < -0.39 is 5.54 Å². The van der Waals surface area contributed by atoms with Crippen molar-refractivity contribution in [1.29, 1.82) is 0 Å². The zero-order chi connectivity index (χ0) is 19.2. The van der Waals surface area contributed by atoms with Gasteiger partial charge in [0, 0.05) is 6.04 Å². The molecule has 0 aliphatic carbocycles. The summed E-state index contributed by atoms with van der Waals surface area (Å²) in [5, 5.41) is 0. The molecule has 2 N–H and O–H groups in total. The first-order valence-electron chi connectivity index (χ1n) is 9.04. The number of carbonyl (C=O) groups excluding carboxylic acids is 1. The fourth-order valence-electron chi connectivity index (χ4n) is 1.77. The highest BCUT2D eigenvalue weighted by Gasteiger charge is 2.27. The molecule has 0 aromatic heterocycles. The van der Waals surface area contributed by atoms with Crippen molar-refractivity contribution in [3.05, 3.63) is 0 Å². The molecule has 0 rings (SSSR count). The van der Waals surface area contributed by atoms with Crippen molar-refractivity contribution in [2.45, 2.75) is 97.9 Å². The van der Waals surface area contributed by atoms with Crippen LogP contribution in [-0.2, 0) is 14.3 Å². The second kappa shape index (κ2) is 9.27. The number of nitrogens with two attached hydrogens (primary N) is 1. The number of rotatable bonds is 12. The van der Waals surface area contributed by atoms with E-state index in [1.807, 2.05) is 4.90 Å². The smallest absolute Gasteiger partial charge is 0.166 e. The molecule has 24 heavy (non-hydrogen) atoms. The standard InChI is InChI=1S/C19H40N2O3/c1-10-17(4,5)23-12-11-18(6,7)24-14-21(15(2)3)13-16(22)19(8,9)20/h15H,10-14,20H2,1-9H3. The van der Waals surface area contributed by atoms with Gasteiger partial charge in [-0.25, -0.2) is 0 Å². The average molecular weight is 345 g/mol. The van der Waals surface area contributed by atoms with Gasteiger partial charge in [-0.2, -0.15) is 0 Å². The third kappa shape index (κ3) is 9.72. The van der Waals surface area contributed by atoms with Gasteiger partial charge >= 0.3 is 0 Å². The second-order valence-electron chi connectivity index (χ2n) is 8.73. The van der Waals surface area contributed by atoms with Crippen LogP contribution in [0.25, 0.3) is 0 Å². The van der Waals surface area contributed by atoms with Gasteiger partial charge in [0.05, 0.1) is 29.9 Å². The first kappa shape index (κ1) is 23.5. The highest BCUT2D eigenvalue weighted by Crippen LogP contribution is 2.20. The predicted molar refractivity (Wildman–Crippen MR) is 100 cm³/mol. The molecule has 0 aliphatic heterocycles. The molecule has 0 saturated carbocycles. The molecule has 0 radical (unpaired) electrons. The molecule has 0 saturated heterocycles. The number of carbonyl (C=O) groups is 1. The monoisotopic (exact) mass is 344 g/mol. The average Bonchev–Trinajstić information content (AvgIpc) is 2.41. The second-order valence-corrected chi connectivity index (χ2v) is 8.73. The topological polar surface area (TPSA) is 64.8 Å². The molecule has 0 bridgehead atoms. The Hall–Kier alpha value is -0.490. The van der Waals surface area contributed by atoms with Gasteiger partial charge in [-0.1, -0.05) is 6.92 Å². The van der Waals surface area contributed by atoms with E-state index in [0.29, 0.717) is 19.9 Å². The van der Waals surface area contributed by atoms with Gasteiger partial charge in [0.25, 0.3) is 0 Å². The molecule has 0 aromatic rings. The van der Waals surface area contributed by atoms with Gasteiger partial charge in [0.1, 0.15) is 6.73 Å². The molecule has 0 heterocycles. The number of Topliss-reactive ketones (excluding diaryl/α,β-unsaturated/α-hetero) is 1. The van der Waals surface area contributed by atoms with Crippen LogP contribution in [0.4, 0.5) is 0 Å². The van der Waals surface area contributed by atoms with Crippen LogP contribution in [-0.4, -0.2) is 53.3 Å². The molecule has 0 atom stereocenters.